The molecule has 0 saturated heterocycles. The van der Waals surface area contributed by atoms with Crippen LogP contribution in [0.15, 0.2) is 91.4 Å². The summed E-state index contributed by atoms with van der Waals surface area (Å²) in [7, 11) is 1.68. The molecule has 5 rings (SSSR count). The van der Waals surface area contributed by atoms with Gasteiger partial charge in [0.25, 0.3) is 0 Å². The molecule has 0 amide bonds. The van der Waals surface area contributed by atoms with E-state index in [9.17, 15) is 0 Å². The molecule has 0 spiro atoms. The molecule has 2 N–H and O–H groups in total. The minimum atomic E-state index is 0.0918. The second-order valence-electron chi connectivity index (χ2n) is 8.04. The van der Waals surface area contributed by atoms with E-state index >= 15 is 0 Å². The van der Waals surface area contributed by atoms with Crippen molar-refractivity contribution in [1.82, 2.24) is 19.5 Å². The molecular formula is C27H26N6O. The smallest absolute Gasteiger partial charge is 0.225 e. The minimum absolute atomic E-state index is 0.0918. The molecule has 2 aromatic heterocycles. The van der Waals surface area contributed by atoms with Crippen LogP contribution in [0.1, 0.15) is 24.1 Å². The van der Waals surface area contributed by atoms with Crippen molar-refractivity contribution in [3.63, 3.8) is 0 Å². The number of ether oxygens (including phenoxy) is 1. The fraction of sp³-hybridized carbons (Fsp3) is 0.148. The van der Waals surface area contributed by atoms with E-state index in [2.05, 4.69) is 57.9 Å². The molecule has 0 saturated carbocycles. The molecule has 3 aromatic carbocycles. The Morgan fingerprint density at radius 3 is 2.68 bits per heavy atom. The van der Waals surface area contributed by atoms with E-state index < -0.39 is 0 Å². The van der Waals surface area contributed by atoms with Crippen LogP contribution in [0.4, 0.5) is 11.6 Å². The van der Waals surface area contributed by atoms with Gasteiger partial charge in [-0.25, -0.2) is 9.97 Å². The summed E-state index contributed by atoms with van der Waals surface area (Å²) < 4.78 is 7.28. The van der Waals surface area contributed by atoms with E-state index in [0.29, 0.717) is 12.5 Å². The van der Waals surface area contributed by atoms with E-state index in [1.54, 1.807) is 19.6 Å². The SMILES string of the molecule is COc1cccc(CNc2ccc3c(c2)ncn3-c2ccnc(NC(C)c3ccccc3)n2)c1. The van der Waals surface area contributed by atoms with Crippen molar-refractivity contribution in [2.45, 2.75) is 19.5 Å². The number of fused-ring (bicyclic) bond motifs is 1. The monoisotopic (exact) mass is 450 g/mol. The topological polar surface area (TPSA) is 76.9 Å². The van der Waals surface area contributed by atoms with Crippen LogP contribution in [0, 0.1) is 0 Å². The van der Waals surface area contributed by atoms with Crippen molar-refractivity contribution >= 4 is 22.7 Å². The molecule has 5 aromatic rings. The summed E-state index contributed by atoms with van der Waals surface area (Å²) in [5.74, 6) is 2.19. The maximum atomic E-state index is 5.31. The van der Waals surface area contributed by atoms with Gasteiger partial charge in [-0.05, 0) is 54.4 Å². The lowest BCUT2D eigenvalue weighted by Gasteiger charge is -2.14. The molecule has 34 heavy (non-hydrogen) atoms. The Morgan fingerprint density at radius 1 is 0.941 bits per heavy atom. The molecule has 0 aliphatic heterocycles. The Labute approximate surface area is 198 Å². The van der Waals surface area contributed by atoms with Gasteiger partial charge in [0.1, 0.15) is 17.9 Å². The van der Waals surface area contributed by atoms with Gasteiger partial charge in [0.05, 0.1) is 24.2 Å². The van der Waals surface area contributed by atoms with Crippen LogP contribution in [0.3, 0.4) is 0 Å². The molecule has 7 nitrogen and oxygen atoms in total. The third-order valence-corrected chi connectivity index (χ3v) is 5.71. The first-order valence-electron chi connectivity index (χ1n) is 11.2. The summed E-state index contributed by atoms with van der Waals surface area (Å²) in [5.41, 5.74) is 5.20. The average Bonchev–Trinajstić information content (AvgIpc) is 3.31. The number of hydrogen-bond donors (Lipinski definition) is 2. The number of methoxy groups -OCH3 is 1. The molecule has 0 radical (unpaired) electrons. The highest BCUT2D eigenvalue weighted by molar-refractivity contribution is 5.81. The second kappa shape index (κ2) is 9.62. The number of nitrogens with one attached hydrogen (secondary N) is 2. The molecule has 1 atom stereocenters. The quantitative estimate of drug-likeness (QED) is 0.320. The summed E-state index contributed by atoms with van der Waals surface area (Å²) >= 11 is 0. The van der Waals surface area contributed by atoms with Gasteiger partial charge in [0.2, 0.25) is 5.95 Å². The Hall–Kier alpha value is -4.39. The van der Waals surface area contributed by atoms with Gasteiger partial charge in [-0.15, -0.1) is 0 Å². The van der Waals surface area contributed by atoms with Crippen molar-refractivity contribution in [3.8, 4) is 11.6 Å². The van der Waals surface area contributed by atoms with E-state index in [1.165, 1.54) is 5.56 Å². The van der Waals surface area contributed by atoms with Crippen molar-refractivity contribution in [1.29, 1.82) is 0 Å². The second-order valence-corrected chi connectivity index (χ2v) is 8.04. The summed E-state index contributed by atoms with van der Waals surface area (Å²) in [6, 6.07) is 26.4. The average molecular weight is 451 g/mol. The van der Waals surface area contributed by atoms with Crippen LogP contribution >= 0.6 is 0 Å². The molecule has 7 heteroatoms. The minimum Gasteiger partial charge on any atom is -0.497 e. The number of rotatable bonds is 8. The first-order valence-corrected chi connectivity index (χ1v) is 11.2. The van der Waals surface area contributed by atoms with Gasteiger partial charge in [-0.3, -0.25) is 4.57 Å². The first kappa shape index (κ1) is 21.5. The molecule has 0 fully saturated rings. The number of nitrogens with zero attached hydrogens (tertiary/aromatic N) is 4. The maximum Gasteiger partial charge on any atom is 0.225 e. The summed E-state index contributed by atoms with van der Waals surface area (Å²) in [5, 5.41) is 6.84. The Bertz CT molecular complexity index is 1400. The van der Waals surface area contributed by atoms with Crippen LogP contribution < -0.4 is 15.4 Å². The summed E-state index contributed by atoms with van der Waals surface area (Å²) in [6.07, 6.45) is 3.56. The molecule has 0 bridgehead atoms. The predicted octanol–water partition coefficient (Wildman–Crippen LogP) is 5.61. The highest BCUT2D eigenvalue weighted by Gasteiger charge is 2.10. The van der Waals surface area contributed by atoms with Crippen molar-refractivity contribution in [3.05, 3.63) is 103 Å². The molecule has 170 valence electrons. The molecule has 0 aliphatic rings. The van der Waals surface area contributed by atoms with E-state index in [1.807, 2.05) is 53.1 Å². The first-order chi connectivity index (χ1) is 16.7. The lowest BCUT2D eigenvalue weighted by Crippen LogP contribution is -2.10. The normalized spacial score (nSPS) is 11.8. The zero-order valence-corrected chi connectivity index (χ0v) is 19.1. The zero-order valence-electron chi connectivity index (χ0n) is 19.1. The third-order valence-electron chi connectivity index (χ3n) is 5.71. The molecule has 2 heterocycles. The Balaban J connectivity index is 1.33. The molecule has 1 unspecified atom stereocenters. The summed E-state index contributed by atoms with van der Waals surface area (Å²) in [6.45, 7) is 2.79. The van der Waals surface area contributed by atoms with Gasteiger partial charge in [-0.2, -0.15) is 4.98 Å². The number of hydrogen-bond acceptors (Lipinski definition) is 6. The van der Waals surface area contributed by atoms with Crippen LogP contribution in [0.5, 0.6) is 5.75 Å². The van der Waals surface area contributed by atoms with Crippen molar-refractivity contribution in [2.75, 3.05) is 17.7 Å². The molecular weight excluding hydrogens is 424 g/mol. The van der Waals surface area contributed by atoms with E-state index in [4.69, 9.17) is 9.72 Å². The molecule has 0 aliphatic carbocycles. The number of imidazole rings is 1. The number of benzene rings is 3. The van der Waals surface area contributed by atoms with Gasteiger partial charge in [0, 0.05) is 18.4 Å². The predicted molar refractivity (Wildman–Crippen MR) is 135 cm³/mol. The van der Waals surface area contributed by atoms with E-state index in [-0.39, 0.29) is 6.04 Å². The van der Waals surface area contributed by atoms with Gasteiger partial charge >= 0.3 is 0 Å². The number of aromatic nitrogens is 4. The third kappa shape index (κ3) is 4.68. The summed E-state index contributed by atoms with van der Waals surface area (Å²) in [4.78, 5) is 13.7. The lowest BCUT2D eigenvalue weighted by molar-refractivity contribution is 0.414. The zero-order chi connectivity index (χ0) is 23.3. The fourth-order valence-corrected chi connectivity index (χ4v) is 3.86. The Kier molecular flexibility index (Phi) is 6.07. The Morgan fingerprint density at radius 2 is 1.82 bits per heavy atom. The maximum absolute atomic E-state index is 5.31. The van der Waals surface area contributed by atoms with Crippen LogP contribution in [0.25, 0.3) is 16.9 Å². The highest BCUT2D eigenvalue weighted by Crippen LogP contribution is 2.23. The van der Waals surface area contributed by atoms with Gasteiger partial charge in [-0.1, -0.05) is 42.5 Å². The van der Waals surface area contributed by atoms with Crippen molar-refractivity contribution in [2.24, 2.45) is 0 Å². The van der Waals surface area contributed by atoms with Crippen LogP contribution in [-0.2, 0) is 6.54 Å². The lowest BCUT2D eigenvalue weighted by atomic mass is 10.1. The standard InChI is InChI=1S/C27H26N6O/c1-19(21-8-4-3-5-9-21)31-27-28-14-13-26(32-27)33-18-30-24-16-22(11-12-25(24)33)29-17-20-7-6-10-23(15-20)34-2/h3-16,18-19,29H,17H2,1-2H3,(H,28,31,32). The van der Waals surface area contributed by atoms with Crippen LogP contribution in [0.2, 0.25) is 0 Å². The van der Waals surface area contributed by atoms with E-state index in [0.717, 1.165) is 33.9 Å². The van der Waals surface area contributed by atoms with Gasteiger partial charge in [0.15, 0.2) is 0 Å². The largest absolute Gasteiger partial charge is 0.497 e. The van der Waals surface area contributed by atoms with Crippen LogP contribution in [-0.4, -0.2) is 26.6 Å². The van der Waals surface area contributed by atoms with Crippen molar-refractivity contribution < 1.29 is 4.74 Å². The van der Waals surface area contributed by atoms with Gasteiger partial charge < -0.3 is 15.4 Å². The fourth-order valence-electron chi connectivity index (χ4n) is 3.86. The number of anilines is 2. The highest BCUT2D eigenvalue weighted by atomic mass is 16.5.